The van der Waals surface area contributed by atoms with Gasteiger partial charge in [-0.3, -0.25) is 14.9 Å². The number of nitrogens with one attached hydrogen (secondary N) is 1. The molecule has 1 fully saturated rings. The van der Waals surface area contributed by atoms with Gasteiger partial charge in [0.1, 0.15) is 11.8 Å². The second-order valence-corrected chi connectivity index (χ2v) is 7.54. The lowest BCUT2D eigenvalue weighted by molar-refractivity contribution is -0.384. The van der Waals surface area contributed by atoms with Gasteiger partial charge in [-0.1, -0.05) is 25.0 Å². The molecule has 0 heterocycles. The van der Waals surface area contributed by atoms with Gasteiger partial charge in [-0.15, -0.1) is 0 Å². The number of nitro benzene ring substituents is 1. The van der Waals surface area contributed by atoms with Crippen molar-refractivity contribution in [2.75, 3.05) is 5.32 Å². The molecule has 0 bridgehead atoms. The summed E-state index contributed by atoms with van der Waals surface area (Å²) in [5, 5.41) is 23.3. The third-order valence-corrected chi connectivity index (χ3v) is 5.24. The Morgan fingerprint density at radius 1 is 1.21 bits per heavy atom. The Labute approximate surface area is 169 Å². The molecule has 1 aliphatic rings. The maximum absolute atomic E-state index is 13.3. The first kappa shape index (κ1) is 20.3. The van der Waals surface area contributed by atoms with Crippen LogP contribution in [0.3, 0.4) is 0 Å². The van der Waals surface area contributed by atoms with Crippen LogP contribution in [0.5, 0.6) is 5.75 Å². The van der Waals surface area contributed by atoms with E-state index in [9.17, 15) is 20.2 Å². The fourth-order valence-corrected chi connectivity index (χ4v) is 3.83. The molecular weight excluding hydrogens is 370 g/mol. The van der Waals surface area contributed by atoms with Gasteiger partial charge in [0, 0.05) is 17.8 Å². The van der Waals surface area contributed by atoms with Crippen LogP contribution in [0.25, 0.3) is 0 Å². The molecule has 29 heavy (non-hydrogen) atoms. The summed E-state index contributed by atoms with van der Waals surface area (Å²) in [5.41, 5.74) is 0.929. The third-order valence-electron chi connectivity index (χ3n) is 5.24. The van der Waals surface area contributed by atoms with E-state index < -0.39 is 10.3 Å². The zero-order chi connectivity index (χ0) is 21.0. The molecule has 1 saturated carbocycles. The molecule has 1 aliphatic carbocycles. The van der Waals surface area contributed by atoms with Gasteiger partial charge < -0.3 is 10.1 Å². The van der Waals surface area contributed by atoms with Crippen LogP contribution in [0.1, 0.15) is 50.7 Å². The second-order valence-electron chi connectivity index (χ2n) is 7.54. The number of ether oxygens (including phenoxy) is 1. The lowest BCUT2D eigenvalue weighted by atomic mass is 9.78. The molecule has 7 nitrogen and oxygen atoms in total. The molecule has 0 aliphatic heterocycles. The van der Waals surface area contributed by atoms with E-state index in [1.807, 2.05) is 13.8 Å². The first-order valence-corrected chi connectivity index (χ1v) is 9.63. The van der Waals surface area contributed by atoms with Gasteiger partial charge >= 0.3 is 0 Å². The predicted octanol–water partition coefficient (Wildman–Crippen LogP) is 4.70. The number of non-ortho nitro benzene ring substituents is 1. The Balaban J connectivity index is 1.87. The Morgan fingerprint density at radius 3 is 2.41 bits per heavy atom. The summed E-state index contributed by atoms with van der Waals surface area (Å²) >= 11 is 0. The molecule has 1 N–H and O–H groups in total. The van der Waals surface area contributed by atoms with Crippen LogP contribution in [0.4, 0.5) is 11.4 Å². The summed E-state index contributed by atoms with van der Waals surface area (Å²) in [6.07, 6.45) is 3.11. The van der Waals surface area contributed by atoms with Crippen molar-refractivity contribution in [3.05, 3.63) is 63.7 Å². The largest absolute Gasteiger partial charge is 0.490 e. The quantitative estimate of drug-likeness (QED) is 0.565. The number of amides is 1. The normalized spacial score (nSPS) is 15.0. The first-order chi connectivity index (χ1) is 13.9. The number of nitriles is 1. The first-order valence-electron chi connectivity index (χ1n) is 9.63. The van der Waals surface area contributed by atoms with Crippen molar-refractivity contribution in [3.63, 3.8) is 0 Å². The lowest BCUT2D eigenvalue weighted by Crippen LogP contribution is -2.38. The molecule has 0 unspecified atom stereocenters. The molecule has 0 saturated heterocycles. The van der Waals surface area contributed by atoms with Crippen molar-refractivity contribution in [2.24, 2.45) is 0 Å². The number of carbonyl (C=O) groups is 1. The van der Waals surface area contributed by atoms with E-state index >= 15 is 0 Å². The van der Waals surface area contributed by atoms with E-state index in [0.717, 1.165) is 18.4 Å². The summed E-state index contributed by atoms with van der Waals surface area (Å²) in [7, 11) is 0. The molecule has 7 heteroatoms. The van der Waals surface area contributed by atoms with Crippen molar-refractivity contribution in [2.45, 2.75) is 51.0 Å². The molecule has 150 valence electrons. The van der Waals surface area contributed by atoms with Gasteiger partial charge in [0.2, 0.25) is 5.91 Å². The van der Waals surface area contributed by atoms with E-state index in [2.05, 4.69) is 11.4 Å². The number of benzene rings is 2. The highest BCUT2D eigenvalue weighted by Gasteiger charge is 2.42. The highest BCUT2D eigenvalue weighted by Crippen LogP contribution is 2.42. The number of nitro groups is 1. The van der Waals surface area contributed by atoms with Crippen molar-refractivity contribution in [3.8, 4) is 11.8 Å². The molecule has 2 aromatic rings. The number of hydrogen-bond acceptors (Lipinski definition) is 5. The fraction of sp³-hybridized carbons (Fsp3) is 0.364. The number of rotatable bonds is 6. The maximum Gasteiger partial charge on any atom is 0.269 e. The van der Waals surface area contributed by atoms with E-state index in [1.54, 1.807) is 30.3 Å². The molecule has 1 amide bonds. The molecule has 3 rings (SSSR count). The van der Waals surface area contributed by atoms with E-state index in [4.69, 9.17) is 4.74 Å². The van der Waals surface area contributed by atoms with Gasteiger partial charge in [-0.25, -0.2) is 0 Å². The monoisotopic (exact) mass is 393 g/mol. The van der Waals surface area contributed by atoms with E-state index in [-0.39, 0.29) is 17.7 Å². The Kier molecular flexibility index (Phi) is 5.83. The summed E-state index contributed by atoms with van der Waals surface area (Å²) < 4.78 is 5.63. The number of nitrogens with zero attached hydrogens (tertiary/aromatic N) is 2. The van der Waals surface area contributed by atoms with E-state index in [1.165, 1.54) is 12.1 Å². The molecule has 0 atom stereocenters. The molecular formula is C22H23N3O4. The molecule has 0 spiro atoms. The summed E-state index contributed by atoms with van der Waals surface area (Å²) in [5.74, 6) is 0.316. The number of carbonyl (C=O) groups excluding carboxylic acids is 1. The van der Waals surface area contributed by atoms with E-state index in [0.29, 0.717) is 29.8 Å². The van der Waals surface area contributed by atoms with Crippen LogP contribution >= 0.6 is 0 Å². The Hall–Kier alpha value is -3.40. The predicted molar refractivity (Wildman–Crippen MR) is 109 cm³/mol. The fourth-order valence-electron chi connectivity index (χ4n) is 3.83. The summed E-state index contributed by atoms with van der Waals surface area (Å²) in [6.45, 7) is 3.76. The third kappa shape index (κ3) is 4.21. The highest BCUT2D eigenvalue weighted by molar-refractivity contribution is 5.99. The minimum atomic E-state index is -0.727. The van der Waals surface area contributed by atoms with Crippen LogP contribution in [0.2, 0.25) is 0 Å². The van der Waals surface area contributed by atoms with Gasteiger partial charge in [-0.05, 0) is 50.5 Å². The summed E-state index contributed by atoms with van der Waals surface area (Å²) in [4.78, 5) is 23.7. The summed E-state index contributed by atoms with van der Waals surface area (Å²) in [6, 6.07) is 13.3. The van der Waals surface area contributed by atoms with Gasteiger partial charge in [-0.2, -0.15) is 5.26 Å². The van der Waals surface area contributed by atoms with Crippen LogP contribution < -0.4 is 10.1 Å². The second kappa shape index (κ2) is 8.31. The topological polar surface area (TPSA) is 105 Å². The molecule has 0 aromatic heterocycles. The number of anilines is 1. The average Bonchev–Trinajstić information content (AvgIpc) is 3.20. The van der Waals surface area contributed by atoms with Crippen LogP contribution in [-0.4, -0.2) is 16.9 Å². The Bertz CT molecular complexity index is 955. The number of hydrogen-bond donors (Lipinski definition) is 1. The van der Waals surface area contributed by atoms with Crippen molar-refractivity contribution in [1.29, 1.82) is 5.26 Å². The maximum atomic E-state index is 13.3. The molecule has 0 radical (unpaired) electrons. The van der Waals surface area contributed by atoms with Gasteiger partial charge in [0.05, 0.1) is 22.0 Å². The standard InChI is InChI=1S/C22H23N3O4/c1-15(2)29-20-10-7-18(13-16(20)14-23)24-21(26)22(11-3-4-12-22)17-5-8-19(9-6-17)25(27)28/h5-10,13,15H,3-4,11-12H2,1-2H3,(H,24,26). The van der Waals surface area contributed by atoms with Crippen molar-refractivity contribution in [1.82, 2.24) is 0 Å². The minimum Gasteiger partial charge on any atom is -0.490 e. The van der Waals surface area contributed by atoms with Crippen LogP contribution in [0.15, 0.2) is 42.5 Å². The smallest absolute Gasteiger partial charge is 0.269 e. The van der Waals surface area contributed by atoms with Crippen molar-refractivity contribution >= 4 is 17.3 Å². The van der Waals surface area contributed by atoms with Crippen LogP contribution in [-0.2, 0) is 10.2 Å². The zero-order valence-electron chi connectivity index (χ0n) is 16.5. The van der Waals surface area contributed by atoms with Gasteiger partial charge in [0.25, 0.3) is 5.69 Å². The molecule has 2 aromatic carbocycles. The Morgan fingerprint density at radius 2 is 1.86 bits per heavy atom. The van der Waals surface area contributed by atoms with Crippen molar-refractivity contribution < 1.29 is 14.5 Å². The minimum absolute atomic E-state index is 0.00158. The van der Waals surface area contributed by atoms with Crippen LogP contribution in [0, 0.1) is 21.4 Å². The SMILES string of the molecule is CC(C)Oc1ccc(NC(=O)C2(c3ccc([N+](=O)[O-])cc3)CCCC2)cc1C#N. The lowest BCUT2D eigenvalue weighted by Gasteiger charge is -2.28. The zero-order valence-corrected chi connectivity index (χ0v) is 16.5. The highest BCUT2D eigenvalue weighted by atomic mass is 16.6. The van der Waals surface area contributed by atoms with Gasteiger partial charge in [0.15, 0.2) is 0 Å². The average molecular weight is 393 g/mol.